The maximum absolute atomic E-state index is 12.3. The fraction of sp³-hybridized carbons (Fsp3) is 0.971. The molecule has 240 valence electrons. The largest absolute Gasteiger partial charge is 0.394 e. The first kappa shape index (κ1) is 39.4. The standard InChI is InChI=1S/C35H71NO4/c1-3-5-7-9-11-13-14-15-16-17-18-19-20-21-23-25-27-29-34(39)33(31-37)36-35(40)30-32(38)28-26-24-22-12-10-8-6-4-2/h32-34,37-39H,3-31H2,1-2H3,(H,36,40). The summed E-state index contributed by atoms with van der Waals surface area (Å²) < 4.78 is 0. The predicted molar refractivity (Wildman–Crippen MR) is 172 cm³/mol. The van der Waals surface area contributed by atoms with Gasteiger partial charge in [0.15, 0.2) is 0 Å². The Morgan fingerprint density at radius 2 is 0.850 bits per heavy atom. The van der Waals surface area contributed by atoms with Crippen molar-refractivity contribution in [2.75, 3.05) is 6.61 Å². The van der Waals surface area contributed by atoms with Crippen LogP contribution in [-0.4, -0.2) is 46.1 Å². The number of nitrogens with one attached hydrogen (secondary N) is 1. The summed E-state index contributed by atoms with van der Waals surface area (Å²) in [7, 11) is 0. The van der Waals surface area contributed by atoms with Crippen LogP contribution in [0.5, 0.6) is 0 Å². The Labute approximate surface area is 249 Å². The number of unbranched alkanes of at least 4 members (excludes halogenated alkanes) is 23. The number of aliphatic hydroxyl groups excluding tert-OH is 3. The lowest BCUT2D eigenvalue weighted by Gasteiger charge is -2.23. The van der Waals surface area contributed by atoms with E-state index in [1.165, 1.54) is 135 Å². The number of rotatable bonds is 32. The van der Waals surface area contributed by atoms with E-state index in [0.29, 0.717) is 12.8 Å². The lowest BCUT2D eigenvalue weighted by atomic mass is 10.0. The average Bonchev–Trinajstić information content (AvgIpc) is 2.94. The molecule has 3 atom stereocenters. The SMILES string of the molecule is CCCCCCCCCCCCCCCCCCCC(O)C(CO)NC(=O)CC(O)CCCCCCCCCC. The summed E-state index contributed by atoms with van der Waals surface area (Å²) in [5.41, 5.74) is 0. The van der Waals surface area contributed by atoms with Crippen molar-refractivity contribution in [3.63, 3.8) is 0 Å². The third-order valence-electron chi connectivity index (χ3n) is 8.42. The number of amides is 1. The minimum Gasteiger partial charge on any atom is -0.394 e. The van der Waals surface area contributed by atoms with Crippen LogP contribution < -0.4 is 5.32 Å². The van der Waals surface area contributed by atoms with Gasteiger partial charge in [-0.2, -0.15) is 0 Å². The van der Waals surface area contributed by atoms with Gasteiger partial charge < -0.3 is 20.6 Å². The highest BCUT2D eigenvalue weighted by Crippen LogP contribution is 2.16. The molecule has 0 saturated carbocycles. The van der Waals surface area contributed by atoms with Crippen LogP contribution in [-0.2, 0) is 4.79 Å². The monoisotopic (exact) mass is 570 g/mol. The van der Waals surface area contributed by atoms with E-state index in [2.05, 4.69) is 19.2 Å². The summed E-state index contributed by atoms with van der Waals surface area (Å²) in [6.45, 7) is 4.22. The molecule has 1 amide bonds. The molecule has 0 spiro atoms. The molecule has 0 saturated heterocycles. The van der Waals surface area contributed by atoms with E-state index in [0.717, 1.165) is 25.7 Å². The molecule has 3 unspecified atom stereocenters. The maximum atomic E-state index is 12.3. The average molecular weight is 570 g/mol. The van der Waals surface area contributed by atoms with Gasteiger partial charge in [-0.1, -0.05) is 174 Å². The predicted octanol–water partition coefficient (Wildman–Crippen LogP) is 9.15. The van der Waals surface area contributed by atoms with Gasteiger partial charge in [0.05, 0.1) is 31.3 Å². The van der Waals surface area contributed by atoms with E-state index in [9.17, 15) is 20.1 Å². The van der Waals surface area contributed by atoms with E-state index >= 15 is 0 Å². The number of carbonyl (C=O) groups excluding carboxylic acids is 1. The second kappa shape index (κ2) is 31.3. The lowest BCUT2D eigenvalue weighted by molar-refractivity contribution is -0.125. The number of hydrogen-bond donors (Lipinski definition) is 4. The van der Waals surface area contributed by atoms with E-state index in [1.54, 1.807) is 0 Å². The molecule has 0 heterocycles. The Balaban J connectivity index is 3.62. The van der Waals surface area contributed by atoms with Crippen LogP contribution in [0, 0.1) is 0 Å². The molecule has 0 aliphatic carbocycles. The molecule has 0 aliphatic heterocycles. The van der Waals surface area contributed by atoms with Gasteiger partial charge in [0.1, 0.15) is 0 Å². The molecule has 0 aromatic heterocycles. The molecule has 5 nitrogen and oxygen atoms in total. The summed E-state index contributed by atoms with van der Waals surface area (Å²) in [5.74, 6) is -0.285. The number of aliphatic hydroxyl groups is 3. The quantitative estimate of drug-likeness (QED) is 0.0608. The van der Waals surface area contributed by atoms with Gasteiger partial charge in [-0.15, -0.1) is 0 Å². The zero-order valence-corrected chi connectivity index (χ0v) is 27.0. The van der Waals surface area contributed by atoms with Gasteiger partial charge in [0, 0.05) is 0 Å². The van der Waals surface area contributed by atoms with Crippen LogP contribution in [0.2, 0.25) is 0 Å². The molecule has 40 heavy (non-hydrogen) atoms. The minimum absolute atomic E-state index is 0.0405. The summed E-state index contributed by atoms with van der Waals surface area (Å²) in [4.78, 5) is 12.3. The molecule has 0 fully saturated rings. The van der Waals surface area contributed by atoms with Crippen molar-refractivity contribution < 1.29 is 20.1 Å². The van der Waals surface area contributed by atoms with Gasteiger partial charge in [0.25, 0.3) is 0 Å². The van der Waals surface area contributed by atoms with Crippen molar-refractivity contribution in [3.05, 3.63) is 0 Å². The highest BCUT2D eigenvalue weighted by molar-refractivity contribution is 5.76. The fourth-order valence-electron chi connectivity index (χ4n) is 5.64. The second-order valence-electron chi connectivity index (χ2n) is 12.5. The summed E-state index contributed by atoms with van der Waals surface area (Å²) in [6, 6.07) is -0.649. The Morgan fingerprint density at radius 3 is 1.20 bits per heavy atom. The van der Waals surface area contributed by atoms with E-state index in [4.69, 9.17) is 0 Å². The van der Waals surface area contributed by atoms with Crippen molar-refractivity contribution >= 4 is 5.91 Å². The third-order valence-corrected chi connectivity index (χ3v) is 8.42. The zero-order valence-electron chi connectivity index (χ0n) is 27.0. The maximum Gasteiger partial charge on any atom is 0.222 e. The topological polar surface area (TPSA) is 89.8 Å². The summed E-state index contributed by atoms with van der Waals surface area (Å²) >= 11 is 0. The Bertz CT molecular complexity index is 516. The summed E-state index contributed by atoms with van der Waals surface area (Å²) in [6.07, 6.45) is 32.0. The molecule has 4 N–H and O–H groups in total. The van der Waals surface area contributed by atoms with Gasteiger partial charge in [-0.25, -0.2) is 0 Å². The first-order chi connectivity index (χ1) is 19.5. The Hall–Kier alpha value is -0.650. The molecular formula is C35H71NO4. The van der Waals surface area contributed by atoms with Crippen molar-refractivity contribution in [1.29, 1.82) is 0 Å². The summed E-state index contributed by atoms with van der Waals surface area (Å²) in [5, 5.41) is 33.1. The van der Waals surface area contributed by atoms with Crippen molar-refractivity contribution in [2.24, 2.45) is 0 Å². The second-order valence-corrected chi connectivity index (χ2v) is 12.5. The lowest BCUT2D eigenvalue weighted by Crippen LogP contribution is -2.46. The Kier molecular flexibility index (Phi) is 30.8. The van der Waals surface area contributed by atoms with Crippen LogP contribution in [0.4, 0.5) is 0 Å². The first-order valence-electron chi connectivity index (χ1n) is 17.8. The highest BCUT2D eigenvalue weighted by Gasteiger charge is 2.21. The van der Waals surface area contributed by atoms with Gasteiger partial charge >= 0.3 is 0 Å². The van der Waals surface area contributed by atoms with E-state index in [-0.39, 0.29) is 18.9 Å². The number of carbonyl (C=O) groups is 1. The van der Waals surface area contributed by atoms with Crippen LogP contribution in [0.25, 0.3) is 0 Å². The third kappa shape index (κ3) is 27.5. The fourth-order valence-corrected chi connectivity index (χ4v) is 5.64. The van der Waals surface area contributed by atoms with Crippen LogP contribution in [0.15, 0.2) is 0 Å². The van der Waals surface area contributed by atoms with E-state index in [1.807, 2.05) is 0 Å². The smallest absolute Gasteiger partial charge is 0.222 e. The van der Waals surface area contributed by atoms with Gasteiger partial charge in [0.2, 0.25) is 5.91 Å². The van der Waals surface area contributed by atoms with Crippen molar-refractivity contribution in [3.8, 4) is 0 Å². The molecule has 0 radical (unpaired) electrons. The highest BCUT2D eigenvalue weighted by atomic mass is 16.3. The van der Waals surface area contributed by atoms with Crippen molar-refractivity contribution in [2.45, 2.75) is 212 Å². The van der Waals surface area contributed by atoms with Gasteiger partial charge in [-0.05, 0) is 12.8 Å². The minimum atomic E-state index is -0.741. The molecule has 0 aromatic rings. The van der Waals surface area contributed by atoms with E-state index < -0.39 is 18.2 Å². The van der Waals surface area contributed by atoms with Crippen LogP contribution in [0.3, 0.4) is 0 Å². The molecule has 0 aromatic carbocycles. The normalized spacial score (nSPS) is 13.8. The zero-order chi connectivity index (χ0) is 29.5. The van der Waals surface area contributed by atoms with Crippen LogP contribution >= 0.6 is 0 Å². The Morgan fingerprint density at radius 1 is 0.525 bits per heavy atom. The van der Waals surface area contributed by atoms with Crippen molar-refractivity contribution in [1.82, 2.24) is 5.32 Å². The number of hydrogen-bond acceptors (Lipinski definition) is 4. The molecular weight excluding hydrogens is 498 g/mol. The first-order valence-corrected chi connectivity index (χ1v) is 17.8. The van der Waals surface area contributed by atoms with Crippen LogP contribution in [0.1, 0.15) is 194 Å². The molecule has 5 heteroatoms. The molecule has 0 rings (SSSR count). The molecule has 0 aliphatic rings. The van der Waals surface area contributed by atoms with Gasteiger partial charge in [-0.3, -0.25) is 4.79 Å². The molecule has 0 bridgehead atoms.